The van der Waals surface area contributed by atoms with Crippen LogP contribution in [0, 0.1) is 40.4 Å². The van der Waals surface area contributed by atoms with E-state index >= 15 is 0 Å². The molecule has 0 heterocycles. The largest absolute Gasteiger partial charge is 0.461 e. The summed E-state index contributed by atoms with van der Waals surface area (Å²) in [6.45, 7) is 8.88. The number of aliphatic hydroxyl groups excluding tert-OH is 1. The SMILES string of the molecule is CCOC1C[C@@]2(C)C(CC[C@H]3[C@@H]4CC[C@H](C(C)=O)[C@@]4(C)CC(OC(=O)CCl)[C@@H]32)CC1O. The molecular formula is C25H39ClO5. The number of aliphatic hydroxyl groups is 1. The van der Waals surface area contributed by atoms with Gasteiger partial charge in [-0.15, -0.1) is 11.6 Å². The van der Waals surface area contributed by atoms with Gasteiger partial charge in [0.2, 0.25) is 0 Å². The van der Waals surface area contributed by atoms with Gasteiger partial charge in [0.25, 0.3) is 0 Å². The first-order chi connectivity index (χ1) is 14.7. The average molecular weight is 455 g/mol. The quantitative estimate of drug-likeness (QED) is 0.493. The number of esters is 1. The molecule has 31 heavy (non-hydrogen) atoms. The monoisotopic (exact) mass is 454 g/mol. The van der Waals surface area contributed by atoms with Crippen molar-refractivity contribution in [3.05, 3.63) is 0 Å². The molecule has 5 nitrogen and oxygen atoms in total. The van der Waals surface area contributed by atoms with Gasteiger partial charge < -0.3 is 14.6 Å². The number of carbonyl (C=O) groups excluding carboxylic acids is 2. The molecule has 1 N–H and O–H groups in total. The molecule has 4 saturated carbocycles. The first-order valence-electron chi connectivity index (χ1n) is 12.2. The molecule has 4 aliphatic rings. The summed E-state index contributed by atoms with van der Waals surface area (Å²) < 4.78 is 12.0. The maximum Gasteiger partial charge on any atom is 0.321 e. The molecule has 0 saturated heterocycles. The number of Topliss-reactive ketones (excluding diaryl/α,β-unsaturated/α-hetero) is 1. The predicted molar refractivity (Wildman–Crippen MR) is 119 cm³/mol. The maximum absolute atomic E-state index is 12.5. The topological polar surface area (TPSA) is 72.8 Å². The summed E-state index contributed by atoms with van der Waals surface area (Å²) in [4.78, 5) is 24.9. The summed E-state index contributed by atoms with van der Waals surface area (Å²) in [5.41, 5.74) is -0.185. The minimum atomic E-state index is -0.430. The summed E-state index contributed by atoms with van der Waals surface area (Å²) in [6.07, 6.45) is 5.63. The summed E-state index contributed by atoms with van der Waals surface area (Å²) in [6, 6.07) is 0. The highest BCUT2D eigenvalue weighted by Gasteiger charge is 2.65. The number of rotatable bonds is 5. The summed E-state index contributed by atoms with van der Waals surface area (Å²) >= 11 is 5.85. The summed E-state index contributed by atoms with van der Waals surface area (Å²) in [5, 5.41) is 10.7. The molecule has 0 bridgehead atoms. The Morgan fingerprint density at radius 1 is 1.06 bits per heavy atom. The lowest BCUT2D eigenvalue weighted by Crippen LogP contribution is -2.62. The molecule has 176 valence electrons. The zero-order valence-electron chi connectivity index (χ0n) is 19.4. The van der Waals surface area contributed by atoms with Crippen LogP contribution in [0.25, 0.3) is 0 Å². The van der Waals surface area contributed by atoms with Gasteiger partial charge in [0, 0.05) is 18.4 Å². The minimum Gasteiger partial charge on any atom is -0.461 e. The lowest BCUT2D eigenvalue weighted by Gasteiger charge is -2.63. The third kappa shape index (κ3) is 3.77. The Labute approximate surface area is 191 Å². The molecule has 0 aliphatic heterocycles. The van der Waals surface area contributed by atoms with Crippen molar-refractivity contribution in [2.45, 2.75) is 91.0 Å². The minimum absolute atomic E-state index is 0.0468. The van der Waals surface area contributed by atoms with Crippen molar-refractivity contribution in [1.29, 1.82) is 0 Å². The Bertz CT molecular complexity index is 712. The third-order valence-corrected chi connectivity index (χ3v) is 10.0. The van der Waals surface area contributed by atoms with Gasteiger partial charge in [-0.05, 0) is 87.4 Å². The first-order valence-corrected chi connectivity index (χ1v) is 12.7. The van der Waals surface area contributed by atoms with Crippen LogP contribution in [0.2, 0.25) is 0 Å². The fourth-order valence-electron chi connectivity index (χ4n) is 8.71. The number of alkyl halides is 1. The normalized spacial score (nSPS) is 49.0. The lowest BCUT2D eigenvalue weighted by atomic mass is 9.43. The lowest BCUT2D eigenvalue weighted by molar-refractivity contribution is -0.212. The van der Waals surface area contributed by atoms with Gasteiger partial charge in [0.05, 0.1) is 12.2 Å². The van der Waals surface area contributed by atoms with Crippen LogP contribution >= 0.6 is 11.6 Å². The third-order valence-electron chi connectivity index (χ3n) is 9.83. The molecular weight excluding hydrogens is 416 g/mol. The molecule has 0 aromatic carbocycles. The number of hydrogen-bond donors (Lipinski definition) is 1. The van der Waals surface area contributed by atoms with Crippen molar-refractivity contribution < 1.29 is 24.2 Å². The molecule has 0 aromatic heterocycles. The molecule has 4 aliphatic carbocycles. The van der Waals surface area contributed by atoms with E-state index in [1.807, 2.05) is 6.92 Å². The van der Waals surface area contributed by atoms with Crippen LogP contribution in [0.1, 0.15) is 72.6 Å². The maximum atomic E-state index is 12.5. The number of hydrogen-bond acceptors (Lipinski definition) is 5. The van der Waals surface area contributed by atoms with Crippen LogP contribution in [0.4, 0.5) is 0 Å². The van der Waals surface area contributed by atoms with E-state index in [1.54, 1.807) is 6.92 Å². The Morgan fingerprint density at radius 3 is 2.42 bits per heavy atom. The van der Waals surface area contributed by atoms with E-state index in [0.717, 1.165) is 44.9 Å². The van der Waals surface area contributed by atoms with E-state index in [1.165, 1.54) is 0 Å². The predicted octanol–water partition coefficient (Wildman–Crippen LogP) is 4.37. The highest BCUT2D eigenvalue weighted by molar-refractivity contribution is 6.26. The second-order valence-corrected chi connectivity index (χ2v) is 11.5. The van der Waals surface area contributed by atoms with E-state index in [4.69, 9.17) is 21.1 Å². The Hall–Kier alpha value is -0.650. The van der Waals surface area contributed by atoms with Crippen LogP contribution in [-0.4, -0.2) is 47.7 Å². The average Bonchev–Trinajstić information content (AvgIpc) is 3.05. The fraction of sp³-hybridized carbons (Fsp3) is 0.920. The molecule has 4 unspecified atom stereocenters. The van der Waals surface area contributed by atoms with Crippen LogP contribution in [0.3, 0.4) is 0 Å². The van der Waals surface area contributed by atoms with E-state index in [0.29, 0.717) is 24.4 Å². The second kappa shape index (κ2) is 8.61. The number of ketones is 1. The zero-order chi connectivity index (χ0) is 22.6. The molecule has 0 amide bonds. The van der Waals surface area contributed by atoms with E-state index in [-0.39, 0.29) is 52.5 Å². The van der Waals surface area contributed by atoms with Crippen molar-refractivity contribution in [2.24, 2.45) is 40.4 Å². The molecule has 6 heteroatoms. The summed E-state index contributed by atoms with van der Waals surface area (Å²) in [7, 11) is 0. The molecule has 4 rings (SSSR count). The van der Waals surface area contributed by atoms with Crippen LogP contribution in [0.15, 0.2) is 0 Å². The second-order valence-electron chi connectivity index (χ2n) is 11.2. The molecule has 4 fully saturated rings. The zero-order valence-corrected chi connectivity index (χ0v) is 20.2. The van der Waals surface area contributed by atoms with Gasteiger partial charge in [-0.25, -0.2) is 0 Å². The van der Waals surface area contributed by atoms with E-state index in [9.17, 15) is 14.7 Å². The molecule has 0 aromatic rings. The highest BCUT2D eigenvalue weighted by Crippen LogP contribution is 2.68. The van der Waals surface area contributed by atoms with Gasteiger partial charge in [-0.2, -0.15) is 0 Å². The smallest absolute Gasteiger partial charge is 0.321 e. The number of fused-ring (bicyclic) bond motifs is 5. The van der Waals surface area contributed by atoms with Crippen molar-refractivity contribution in [3.8, 4) is 0 Å². The first kappa shape index (κ1) is 23.5. The van der Waals surface area contributed by atoms with Gasteiger partial charge in [-0.3, -0.25) is 9.59 Å². The Morgan fingerprint density at radius 2 is 1.77 bits per heavy atom. The van der Waals surface area contributed by atoms with Gasteiger partial charge in [0.1, 0.15) is 17.8 Å². The van der Waals surface area contributed by atoms with Crippen molar-refractivity contribution >= 4 is 23.4 Å². The Balaban J connectivity index is 1.72. The van der Waals surface area contributed by atoms with Crippen molar-refractivity contribution in [3.63, 3.8) is 0 Å². The number of halogens is 1. The van der Waals surface area contributed by atoms with Gasteiger partial charge in [0.15, 0.2) is 0 Å². The Kier molecular flexibility index (Phi) is 6.53. The molecule has 0 radical (unpaired) electrons. The van der Waals surface area contributed by atoms with Gasteiger partial charge >= 0.3 is 5.97 Å². The van der Waals surface area contributed by atoms with Gasteiger partial charge in [-0.1, -0.05) is 13.8 Å². The molecule has 10 atom stereocenters. The van der Waals surface area contributed by atoms with Crippen molar-refractivity contribution in [1.82, 2.24) is 0 Å². The summed E-state index contributed by atoms with van der Waals surface area (Å²) in [5.74, 6) is 1.32. The standard InChI is InChI=1S/C25H39ClO5/c1-5-30-20-11-24(3)15(10-19(20)28)6-7-16-18-9-8-17(14(2)27)25(18,4)12-21(23(16)24)31-22(29)13-26/h15-21,23,28H,5-13H2,1-4H3/t15?,16-,17+,18-,19?,20?,21?,23+,24-,25+/m0/s1. The van der Waals surface area contributed by atoms with Crippen LogP contribution in [-0.2, 0) is 19.1 Å². The van der Waals surface area contributed by atoms with E-state index < -0.39 is 6.10 Å². The van der Waals surface area contributed by atoms with Crippen LogP contribution < -0.4 is 0 Å². The fourth-order valence-corrected chi connectivity index (χ4v) is 8.77. The molecule has 0 spiro atoms. The highest BCUT2D eigenvalue weighted by atomic mass is 35.5. The van der Waals surface area contributed by atoms with Crippen LogP contribution in [0.5, 0.6) is 0 Å². The van der Waals surface area contributed by atoms with Crippen molar-refractivity contribution in [2.75, 3.05) is 12.5 Å². The number of ether oxygens (including phenoxy) is 2. The van der Waals surface area contributed by atoms with E-state index in [2.05, 4.69) is 13.8 Å². The number of carbonyl (C=O) groups is 2.